The summed E-state index contributed by atoms with van der Waals surface area (Å²) in [6, 6.07) is 12.4. The van der Waals surface area contributed by atoms with Gasteiger partial charge in [0.2, 0.25) is 5.91 Å². The van der Waals surface area contributed by atoms with Crippen LogP contribution in [-0.2, 0) is 11.2 Å². The zero-order valence-corrected chi connectivity index (χ0v) is 13.6. The minimum atomic E-state index is -0.329. The van der Waals surface area contributed by atoms with Crippen LogP contribution in [0.25, 0.3) is 0 Å². The molecule has 2 aromatic rings. The Morgan fingerprint density at radius 1 is 1.08 bits per heavy atom. The number of rotatable bonds is 3. The summed E-state index contributed by atoms with van der Waals surface area (Å²) in [7, 11) is 1.58. The number of benzene rings is 2. The Hall–Kier alpha value is -3.02. The third kappa shape index (κ3) is 3.32. The van der Waals surface area contributed by atoms with Crippen molar-refractivity contribution in [3.05, 3.63) is 48.0 Å². The van der Waals surface area contributed by atoms with Gasteiger partial charge in [0, 0.05) is 36.6 Å². The van der Waals surface area contributed by atoms with Crippen LogP contribution in [0.3, 0.4) is 0 Å². The molecule has 0 radical (unpaired) electrons. The first-order chi connectivity index (χ1) is 11.6. The molecule has 0 atom stereocenters. The van der Waals surface area contributed by atoms with Crippen molar-refractivity contribution in [1.82, 2.24) is 0 Å². The Bertz CT molecular complexity index is 789. The van der Waals surface area contributed by atoms with Gasteiger partial charge in [0.1, 0.15) is 5.75 Å². The van der Waals surface area contributed by atoms with E-state index in [1.165, 1.54) is 0 Å². The van der Waals surface area contributed by atoms with Crippen molar-refractivity contribution in [1.29, 1.82) is 0 Å². The van der Waals surface area contributed by atoms with Crippen LogP contribution in [0, 0.1) is 0 Å². The summed E-state index contributed by atoms with van der Waals surface area (Å²) in [5.74, 6) is 0.708. The van der Waals surface area contributed by atoms with E-state index in [2.05, 4.69) is 10.6 Å². The molecule has 2 aromatic carbocycles. The van der Waals surface area contributed by atoms with Crippen LogP contribution >= 0.6 is 0 Å². The van der Waals surface area contributed by atoms with Crippen LogP contribution in [-0.4, -0.2) is 25.6 Å². The third-order valence-electron chi connectivity index (χ3n) is 3.94. The molecule has 0 saturated heterocycles. The lowest BCUT2D eigenvalue weighted by Crippen LogP contribution is -2.25. The Labute approximate surface area is 140 Å². The van der Waals surface area contributed by atoms with E-state index in [-0.39, 0.29) is 11.9 Å². The number of methoxy groups -OCH3 is 1. The van der Waals surface area contributed by atoms with Gasteiger partial charge >= 0.3 is 6.03 Å². The van der Waals surface area contributed by atoms with E-state index in [4.69, 9.17) is 4.74 Å². The number of hydrogen-bond donors (Lipinski definition) is 2. The molecule has 6 heteroatoms. The number of nitrogens with zero attached hydrogens (tertiary/aromatic N) is 1. The predicted octanol–water partition coefficient (Wildman–Crippen LogP) is 3.25. The van der Waals surface area contributed by atoms with E-state index in [0.717, 1.165) is 17.7 Å². The monoisotopic (exact) mass is 325 g/mol. The van der Waals surface area contributed by atoms with E-state index in [9.17, 15) is 9.59 Å². The summed E-state index contributed by atoms with van der Waals surface area (Å²) < 4.78 is 5.13. The van der Waals surface area contributed by atoms with Gasteiger partial charge in [0.25, 0.3) is 0 Å². The lowest BCUT2D eigenvalue weighted by atomic mass is 10.1. The van der Waals surface area contributed by atoms with Gasteiger partial charge in [-0.3, -0.25) is 4.79 Å². The molecule has 124 valence electrons. The van der Waals surface area contributed by atoms with Gasteiger partial charge in [-0.05, 0) is 42.3 Å². The van der Waals surface area contributed by atoms with Crippen LogP contribution in [0.1, 0.15) is 12.5 Å². The number of carbonyl (C=O) groups excluding carboxylic acids is 2. The lowest BCUT2D eigenvalue weighted by molar-refractivity contribution is -0.116. The molecule has 0 saturated carbocycles. The first kappa shape index (κ1) is 15.9. The number of urea groups is 1. The Kier molecular flexibility index (Phi) is 4.37. The number of amides is 3. The van der Waals surface area contributed by atoms with E-state index >= 15 is 0 Å². The van der Waals surface area contributed by atoms with E-state index in [1.807, 2.05) is 18.2 Å². The first-order valence-electron chi connectivity index (χ1n) is 7.70. The Morgan fingerprint density at radius 2 is 1.83 bits per heavy atom. The van der Waals surface area contributed by atoms with E-state index in [0.29, 0.717) is 23.7 Å². The average molecular weight is 325 g/mol. The molecule has 2 N–H and O–H groups in total. The topological polar surface area (TPSA) is 70.7 Å². The second kappa shape index (κ2) is 6.62. The quantitative estimate of drug-likeness (QED) is 0.910. The summed E-state index contributed by atoms with van der Waals surface area (Å²) >= 11 is 0. The van der Waals surface area contributed by atoms with Gasteiger partial charge < -0.3 is 20.3 Å². The molecule has 0 bridgehead atoms. The lowest BCUT2D eigenvalue weighted by Gasteiger charge is -2.15. The minimum absolute atomic E-state index is 0.0326. The number of nitrogens with one attached hydrogen (secondary N) is 2. The number of hydrogen-bond acceptors (Lipinski definition) is 3. The van der Waals surface area contributed by atoms with Crippen LogP contribution in [0.4, 0.5) is 21.9 Å². The van der Waals surface area contributed by atoms with Gasteiger partial charge in [-0.2, -0.15) is 0 Å². The van der Waals surface area contributed by atoms with Crippen molar-refractivity contribution < 1.29 is 14.3 Å². The van der Waals surface area contributed by atoms with Crippen molar-refractivity contribution in [3.63, 3.8) is 0 Å². The molecular formula is C18H19N3O3. The fourth-order valence-electron chi connectivity index (χ4n) is 2.80. The maximum Gasteiger partial charge on any atom is 0.323 e. The molecule has 0 spiro atoms. The number of ether oxygens (including phenoxy) is 1. The van der Waals surface area contributed by atoms with Crippen molar-refractivity contribution >= 4 is 29.0 Å². The molecule has 6 nitrogen and oxygen atoms in total. The van der Waals surface area contributed by atoms with Gasteiger partial charge in [-0.15, -0.1) is 0 Å². The fourth-order valence-corrected chi connectivity index (χ4v) is 2.80. The van der Waals surface area contributed by atoms with Crippen LogP contribution < -0.4 is 20.3 Å². The summed E-state index contributed by atoms with van der Waals surface area (Å²) in [5, 5.41) is 5.57. The third-order valence-corrected chi connectivity index (χ3v) is 3.94. The van der Waals surface area contributed by atoms with Crippen molar-refractivity contribution in [3.8, 4) is 5.75 Å². The molecule has 3 amide bonds. The number of carbonyl (C=O) groups is 2. The average Bonchev–Trinajstić information content (AvgIpc) is 2.98. The van der Waals surface area contributed by atoms with Crippen LogP contribution in [0.2, 0.25) is 0 Å². The van der Waals surface area contributed by atoms with Crippen molar-refractivity contribution in [2.45, 2.75) is 13.3 Å². The molecule has 0 aliphatic carbocycles. The summed E-state index contributed by atoms with van der Waals surface area (Å²) in [6.45, 7) is 2.24. The highest BCUT2D eigenvalue weighted by Crippen LogP contribution is 2.30. The molecule has 0 aromatic heterocycles. The molecule has 24 heavy (non-hydrogen) atoms. The van der Waals surface area contributed by atoms with E-state index in [1.54, 1.807) is 43.2 Å². The summed E-state index contributed by atoms with van der Waals surface area (Å²) in [5.41, 5.74) is 3.32. The molecule has 1 aliphatic heterocycles. The predicted molar refractivity (Wildman–Crippen MR) is 93.8 cm³/mol. The largest absolute Gasteiger partial charge is 0.497 e. The maximum atomic E-state index is 12.1. The second-order valence-electron chi connectivity index (χ2n) is 5.58. The molecule has 1 aliphatic rings. The van der Waals surface area contributed by atoms with Gasteiger partial charge in [0.15, 0.2) is 0 Å². The van der Waals surface area contributed by atoms with Crippen molar-refractivity contribution in [2.24, 2.45) is 0 Å². The zero-order valence-electron chi connectivity index (χ0n) is 13.6. The second-order valence-corrected chi connectivity index (χ2v) is 5.58. The number of anilines is 3. The molecule has 0 fully saturated rings. The zero-order chi connectivity index (χ0) is 17.1. The highest BCUT2D eigenvalue weighted by Gasteiger charge is 2.22. The smallest absolute Gasteiger partial charge is 0.323 e. The maximum absolute atomic E-state index is 12.1. The van der Waals surface area contributed by atoms with Crippen LogP contribution in [0.15, 0.2) is 42.5 Å². The van der Waals surface area contributed by atoms with Gasteiger partial charge in [0.05, 0.1) is 7.11 Å². The fraction of sp³-hybridized carbons (Fsp3) is 0.222. The van der Waals surface area contributed by atoms with Crippen LogP contribution in [0.5, 0.6) is 5.75 Å². The van der Waals surface area contributed by atoms with E-state index < -0.39 is 0 Å². The standard InChI is InChI=1S/C18H19N3O3/c1-12(22)21-9-8-13-10-15(6-7-17(13)21)20-18(23)19-14-4-3-5-16(11-14)24-2/h3-7,10-11H,8-9H2,1-2H3,(H2,19,20,23). The van der Waals surface area contributed by atoms with Gasteiger partial charge in [-0.25, -0.2) is 4.79 Å². The van der Waals surface area contributed by atoms with Gasteiger partial charge in [-0.1, -0.05) is 6.07 Å². The molecule has 0 unspecified atom stereocenters. The highest BCUT2D eigenvalue weighted by molar-refractivity contribution is 6.00. The number of fused-ring (bicyclic) bond motifs is 1. The first-order valence-corrected chi connectivity index (χ1v) is 7.70. The SMILES string of the molecule is COc1cccc(NC(=O)Nc2ccc3c(c2)CCN3C(C)=O)c1. The molecular weight excluding hydrogens is 306 g/mol. The Balaban J connectivity index is 1.68. The normalized spacial score (nSPS) is 12.5. The minimum Gasteiger partial charge on any atom is -0.497 e. The Morgan fingerprint density at radius 3 is 2.54 bits per heavy atom. The van der Waals surface area contributed by atoms with Crippen molar-refractivity contribution in [2.75, 3.05) is 29.2 Å². The highest BCUT2D eigenvalue weighted by atomic mass is 16.5. The summed E-state index contributed by atoms with van der Waals surface area (Å²) in [6.07, 6.45) is 0.794. The summed E-state index contributed by atoms with van der Waals surface area (Å²) in [4.78, 5) is 25.4. The molecule has 3 rings (SSSR count). The molecule has 1 heterocycles.